The van der Waals surface area contributed by atoms with Gasteiger partial charge in [-0.2, -0.15) is 8.78 Å². The fourth-order valence-electron chi connectivity index (χ4n) is 3.05. The number of amides is 1. The first-order chi connectivity index (χ1) is 14.0. The normalized spacial score (nSPS) is 12.9. The van der Waals surface area contributed by atoms with E-state index in [1.54, 1.807) is 11.0 Å². The molecule has 0 aromatic heterocycles. The van der Waals surface area contributed by atoms with Crippen molar-refractivity contribution in [3.63, 3.8) is 0 Å². The van der Waals surface area contributed by atoms with Crippen molar-refractivity contribution in [1.29, 1.82) is 0 Å². The fourth-order valence-corrected chi connectivity index (χ4v) is 3.05. The smallest absolute Gasteiger partial charge is 0.387 e. The topological polar surface area (TPSA) is 65.1 Å². The second-order valence-electron chi connectivity index (χ2n) is 6.12. The highest BCUT2D eigenvalue weighted by Crippen LogP contribution is 2.33. The number of carbonyl (C=O) groups excluding carboxylic acids is 2. The quantitative estimate of drug-likeness (QED) is 0.524. The Morgan fingerprint density at radius 2 is 1.97 bits per heavy atom. The van der Waals surface area contributed by atoms with E-state index in [2.05, 4.69) is 4.74 Å². The van der Waals surface area contributed by atoms with Crippen molar-refractivity contribution in [3.05, 3.63) is 59.7 Å². The first-order valence-electron chi connectivity index (χ1n) is 8.84. The summed E-state index contributed by atoms with van der Waals surface area (Å²) in [5, 5.41) is 0. The largest absolute Gasteiger partial charge is 0.493 e. The number of anilines is 1. The van der Waals surface area contributed by atoms with Crippen LogP contribution in [-0.2, 0) is 20.7 Å². The molecule has 2 aromatic carbocycles. The van der Waals surface area contributed by atoms with Gasteiger partial charge in [-0.05, 0) is 30.2 Å². The molecule has 0 radical (unpaired) electrons. The van der Waals surface area contributed by atoms with Crippen LogP contribution < -0.4 is 14.4 Å². The fraction of sp³-hybridized carbons (Fsp3) is 0.238. The Morgan fingerprint density at radius 3 is 2.72 bits per heavy atom. The maximum absolute atomic E-state index is 12.6. The van der Waals surface area contributed by atoms with E-state index in [4.69, 9.17) is 9.47 Å². The van der Waals surface area contributed by atoms with Gasteiger partial charge in [0.25, 0.3) is 5.91 Å². The molecule has 1 amide bonds. The number of halogens is 2. The molecule has 6 nitrogen and oxygen atoms in total. The lowest BCUT2D eigenvalue weighted by molar-refractivity contribution is -0.142. The van der Waals surface area contributed by atoms with Gasteiger partial charge in [-0.25, -0.2) is 4.79 Å². The third-order valence-electron chi connectivity index (χ3n) is 4.36. The highest BCUT2D eigenvalue weighted by atomic mass is 19.3. The molecule has 0 N–H and O–H groups in total. The van der Waals surface area contributed by atoms with Crippen LogP contribution in [0, 0.1) is 0 Å². The van der Waals surface area contributed by atoms with Gasteiger partial charge in [0, 0.05) is 23.9 Å². The summed E-state index contributed by atoms with van der Waals surface area (Å²) < 4.78 is 39.8. The van der Waals surface area contributed by atoms with Crippen molar-refractivity contribution in [1.82, 2.24) is 0 Å². The van der Waals surface area contributed by atoms with Crippen LogP contribution in [-0.4, -0.2) is 38.7 Å². The Labute approximate surface area is 166 Å². The minimum absolute atomic E-state index is 0.101. The van der Waals surface area contributed by atoms with Crippen molar-refractivity contribution < 1.29 is 32.6 Å². The molecule has 2 aromatic rings. The zero-order valence-corrected chi connectivity index (χ0v) is 15.6. The Morgan fingerprint density at radius 1 is 1.17 bits per heavy atom. The molecule has 0 fully saturated rings. The number of fused-ring (bicyclic) bond motifs is 1. The molecule has 0 saturated heterocycles. The summed E-state index contributed by atoms with van der Waals surface area (Å²) in [6.07, 6.45) is 3.05. The predicted octanol–water partition coefficient (Wildman–Crippen LogP) is 3.44. The van der Waals surface area contributed by atoms with Gasteiger partial charge in [-0.1, -0.05) is 30.3 Å². The van der Waals surface area contributed by atoms with Crippen molar-refractivity contribution in [2.24, 2.45) is 0 Å². The average molecular weight is 403 g/mol. The summed E-state index contributed by atoms with van der Waals surface area (Å²) in [5.74, 6) is -1.21. The molecule has 0 saturated carbocycles. The summed E-state index contributed by atoms with van der Waals surface area (Å²) in [6.45, 7) is -2.94. The zero-order chi connectivity index (χ0) is 20.8. The third-order valence-corrected chi connectivity index (χ3v) is 4.36. The Bertz CT molecular complexity index is 929. The molecule has 29 heavy (non-hydrogen) atoms. The van der Waals surface area contributed by atoms with E-state index < -0.39 is 19.2 Å². The van der Waals surface area contributed by atoms with Gasteiger partial charge in [-0.15, -0.1) is 0 Å². The molecule has 0 atom stereocenters. The first-order valence-corrected chi connectivity index (χ1v) is 8.84. The lowest BCUT2D eigenvalue weighted by Crippen LogP contribution is -2.33. The predicted molar refractivity (Wildman–Crippen MR) is 102 cm³/mol. The molecule has 3 rings (SSSR count). The first kappa shape index (κ1) is 20.3. The van der Waals surface area contributed by atoms with Crippen LogP contribution in [0.5, 0.6) is 11.5 Å². The molecule has 1 heterocycles. The van der Waals surface area contributed by atoms with Gasteiger partial charge in [-0.3, -0.25) is 4.79 Å². The van der Waals surface area contributed by atoms with Gasteiger partial charge in [0.1, 0.15) is 0 Å². The highest BCUT2D eigenvalue weighted by molar-refractivity contribution is 5.98. The number of hydrogen-bond acceptors (Lipinski definition) is 5. The van der Waals surface area contributed by atoms with E-state index in [0.29, 0.717) is 6.54 Å². The lowest BCUT2D eigenvalue weighted by atomic mass is 10.1. The summed E-state index contributed by atoms with van der Waals surface area (Å²) in [5.41, 5.74) is 2.09. The number of para-hydroxylation sites is 2. The summed E-state index contributed by atoms with van der Waals surface area (Å²) in [4.78, 5) is 25.9. The minimum Gasteiger partial charge on any atom is -0.493 e. The molecular weight excluding hydrogens is 384 g/mol. The zero-order valence-electron chi connectivity index (χ0n) is 15.6. The molecule has 8 heteroatoms. The van der Waals surface area contributed by atoms with Crippen molar-refractivity contribution in [3.8, 4) is 11.5 Å². The SMILES string of the molecule is COc1cccc(/C=C/C(=O)OCC(=O)N2CCc3ccccc32)c1OC(F)F. The highest BCUT2D eigenvalue weighted by Gasteiger charge is 2.24. The number of esters is 1. The van der Waals surface area contributed by atoms with E-state index in [1.165, 1.54) is 25.3 Å². The van der Waals surface area contributed by atoms with E-state index >= 15 is 0 Å². The Hall–Kier alpha value is -3.42. The van der Waals surface area contributed by atoms with Crippen LogP contribution in [0.25, 0.3) is 6.08 Å². The monoisotopic (exact) mass is 403 g/mol. The van der Waals surface area contributed by atoms with Gasteiger partial charge in [0.2, 0.25) is 0 Å². The maximum atomic E-state index is 12.6. The number of rotatable bonds is 7. The van der Waals surface area contributed by atoms with E-state index in [1.807, 2.05) is 24.3 Å². The van der Waals surface area contributed by atoms with Crippen molar-refractivity contribution in [2.75, 3.05) is 25.2 Å². The van der Waals surface area contributed by atoms with Gasteiger partial charge in [0.05, 0.1) is 7.11 Å². The molecule has 1 aliphatic rings. The summed E-state index contributed by atoms with van der Waals surface area (Å²) in [7, 11) is 1.32. The molecule has 152 valence electrons. The molecule has 0 spiro atoms. The molecule has 0 aliphatic carbocycles. The van der Waals surface area contributed by atoms with E-state index in [9.17, 15) is 18.4 Å². The number of carbonyl (C=O) groups is 2. The third kappa shape index (κ3) is 4.90. The van der Waals surface area contributed by atoms with Crippen molar-refractivity contribution in [2.45, 2.75) is 13.0 Å². The molecular formula is C21H19F2NO5. The molecule has 0 unspecified atom stereocenters. The van der Waals surface area contributed by atoms with Crippen LogP contribution in [0.2, 0.25) is 0 Å². The van der Waals surface area contributed by atoms with Crippen LogP contribution in [0.3, 0.4) is 0 Å². The van der Waals surface area contributed by atoms with Crippen LogP contribution >= 0.6 is 0 Å². The number of methoxy groups -OCH3 is 1. The van der Waals surface area contributed by atoms with Gasteiger partial charge >= 0.3 is 12.6 Å². The molecule has 0 bridgehead atoms. The number of ether oxygens (including phenoxy) is 3. The van der Waals surface area contributed by atoms with Crippen molar-refractivity contribution >= 4 is 23.6 Å². The number of nitrogens with zero attached hydrogens (tertiary/aromatic N) is 1. The minimum atomic E-state index is -3.05. The number of hydrogen-bond donors (Lipinski definition) is 0. The number of alkyl halides is 2. The Kier molecular flexibility index (Phi) is 6.43. The lowest BCUT2D eigenvalue weighted by Gasteiger charge is -2.16. The second-order valence-corrected chi connectivity index (χ2v) is 6.12. The van der Waals surface area contributed by atoms with Gasteiger partial charge in [0.15, 0.2) is 18.1 Å². The standard InChI is InChI=1S/C21H19F2NO5/c1-27-17-8-4-6-15(20(17)29-21(22)23)9-10-19(26)28-13-18(25)24-12-11-14-5-2-3-7-16(14)24/h2-10,21H,11-13H2,1H3/b10-9+. The Balaban J connectivity index is 1.61. The maximum Gasteiger partial charge on any atom is 0.387 e. The number of benzene rings is 2. The van der Waals surface area contributed by atoms with Crippen LogP contribution in [0.15, 0.2) is 48.5 Å². The molecule has 1 aliphatic heterocycles. The average Bonchev–Trinajstić information content (AvgIpc) is 3.15. The van der Waals surface area contributed by atoms with E-state index in [-0.39, 0.29) is 23.0 Å². The van der Waals surface area contributed by atoms with Gasteiger partial charge < -0.3 is 19.1 Å². The summed E-state index contributed by atoms with van der Waals surface area (Å²) >= 11 is 0. The van der Waals surface area contributed by atoms with Crippen LogP contribution in [0.1, 0.15) is 11.1 Å². The van der Waals surface area contributed by atoms with E-state index in [0.717, 1.165) is 23.7 Å². The second kappa shape index (κ2) is 9.18. The van der Waals surface area contributed by atoms with Crippen LogP contribution in [0.4, 0.5) is 14.5 Å². The summed E-state index contributed by atoms with van der Waals surface area (Å²) in [6, 6.07) is 12.0.